The molecule has 0 unspecified atom stereocenters. The van der Waals surface area contributed by atoms with Crippen molar-refractivity contribution in [3.63, 3.8) is 0 Å². The summed E-state index contributed by atoms with van der Waals surface area (Å²) in [6.45, 7) is 5.95. The predicted octanol–water partition coefficient (Wildman–Crippen LogP) is 5.75. The van der Waals surface area contributed by atoms with Crippen molar-refractivity contribution in [2.75, 3.05) is 18.0 Å². The van der Waals surface area contributed by atoms with E-state index < -0.39 is 11.6 Å². The molecule has 1 saturated heterocycles. The van der Waals surface area contributed by atoms with Crippen molar-refractivity contribution in [3.05, 3.63) is 77.4 Å². The highest BCUT2D eigenvalue weighted by molar-refractivity contribution is 5.79. The summed E-state index contributed by atoms with van der Waals surface area (Å²) < 4.78 is 27.2. The van der Waals surface area contributed by atoms with E-state index in [9.17, 15) is 8.78 Å². The first-order valence-electron chi connectivity index (χ1n) is 10.6. The van der Waals surface area contributed by atoms with Crippen LogP contribution in [0.4, 0.5) is 14.5 Å². The van der Waals surface area contributed by atoms with Gasteiger partial charge in [-0.05, 0) is 62.3 Å². The summed E-state index contributed by atoms with van der Waals surface area (Å²) in [7, 11) is 0. The largest absolute Gasteiger partial charge is 0.371 e. The summed E-state index contributed by atoms with van der Waals surface area (Å²) in [6, 6.07) is 10.2. The van der Waals surface area contributed by atoms with E-state index in [2.05, 4.69) is 33.9 Å². The molecule has 3 aromatic rings. The molecule has 1 fully saturated rings. The summed E-state index contributed by atoms with van der Waals surface area (Å²) in [5, 5.41) is 0. The van der Waals surface area contributed by atoms with Gasteiger partial charge in [-0.25, -0.2) is 8.78 Å². The van der Waals surface area contributed by atoms with E-state index >= 15 is 0 Å². The molecule has 0 atom stereocenters. The van der Waals surface area contributed by atoms with Gasteiger partial charge in [0.25, 0.3) is 0 Å². The number of benzene rings is 1. The Balaban J connectivity index is 1.53. The van der Waals surface area contributed by atoms with Gasteiger partial charge in [0.1, 0.15) is 11.6 Å². The van der Waals surface area contributed by atoms with E-state index in [1.807, 2.05) is 25.4 Å². The number of halogens is 2. The first kappa shape index (κ1) is 20.5. The SMILES string of the molecule is CCc1ncccc1-c1cnc(C)cc1N1CCC(Cc2ccc(F)cc2F)CC1. The van der Waals surface area contributed by atoms with Gasteiger partial charge in [-0.3, -0.25) is 9.97 Å². The second kappa shape index (κ2) is 8.90. The van der Waals surface area contributed by atoms with Crippen LogP contribution in [0.5, 0.6) is 0 Å². The van der Waals surface area contributed by atoms with Gasteiger partial charge >= 0.3 is 0 Å². The van der Waals surface area contributed by atoms with Crippen molar-refractivity contribution in [1.82, 2.24) is 9.97 Å². The molecule has 1 aliphatic rings. The molecular formula is C25H27F2N3. The van der Waals surface area contributed by atoms with Crippen LogP contribution in [-0.4, -0.2) is 23.1 Å². The van der Waals surface area contributed by atoms with Crippen LogP contribution in [0.2, 0.25) is 0 Å². The van der Waals surface area contributed by atoms with Crippen molar-refractivity contribution >= 4 is 5.69 Å². The average molecular weight is 408 g/mol. The molecule has 0 N–H and O–H groups in total. The number of aryl methyl sites for hydroxylation is 2. The topological polar surface area (TPSA) is 29.0 Å². The van der Waals surface area contributed by atoms with Crippen LogP contribution in [0, 0.1) is 24.5 Å². The standard InChI is InChI=1S/C25H27F2N3/c1-3-24-21(5-4-10-28-24)22-16-29-17(2)13-25(22)30-11-8-18(9-12-30)14-19-6-7-20(26)15-23(19)27/h4-7,10,13,15-16,18H,3,8-9,11-12,14H2,1-2H3. The fourth-order valence-electron chi connectivity index (χ4n) is 4.36. The number of hydrogen-bond donors (Lipinski definition) is 0. The number of aromatic nitrogens is 2. The Labute approximate surface area is 176 Å². The molecule has 0 aliphatic carbocycles. The molecule has 0 saturated carbocycles. The molecule has 0 spiro atoms. The Hall–Kier alpha value is -2.82. The van der Waals surface area contributed by atoms with Gasteiger partial charge in [-0.1, -0.05) is 19.1 Å². The minimum Gasteiger partial charge on any atom is -0.371 e. The molecule has 3 nitrogen and oxygen atoms in total. The number of hydrogen-bond acceptors (Lipinski definition) is 3. The van der Waals surface area contributed by atoms with Gasteiger partial charge in [0, 0.05) is 59.8 Å². The van der Waals surface area contributed by atoms with E-state index in [0.29, 0.717) is 17.9 Å². The lowest BCUT2D eigenvalue weighted by Gasteiger charge is -2.35. The third kappa shape index (κ3) is 4.35. The summed E-state index contributed by atoms with van der Waals surface area (Å²) in [4.78, 5) is 11.5. The number of rotatable bonds is 5. The first-order chi connectivity index (χ1) is 14.5. The third-order valence-corrected chi connectivity index (χ3v) is 6.01. The lowest BCUT2D eigenvalue weighted by atomic mass is 9.89. The van der Waals surface area contributed by atoms with Crippen LogP contribution in [0.15, 0.2) is 48.8 Å². The van der Waals surface area contributed by atoms with Crippen molar-refractivity contribution in [3.8, 4) is 11.1 Å². The molecule has 1 aliphatic heterocycles. The second-order valence-electron chi connectivity index (χ2n) is 8.06. The van der Waals surface area contributed by atoms with Gasteiger partial charge in [0.2, 0.25) is 0 Å². The maximum atomic E-state index is 14.0. The molecule has 0 bridgehead atoms. The van der Waals surface area contributed by atoms with Crippen molar-refractivity contribution in [2.45, 2.75) is 39.5 Å². The van der Waals surface area contributed by atoms with Crippen LogP contribution >= 0.6 is 0 Å². The van der Waals surface area contributed by atoms with E-state index in [4.69, 9.17) is 0 Å². The van der Waals surface area contributed by atoms with E-state index in [1.165, 1.54) is 11.8 Å². The van der Waals surface area contributed by atoms with Crippen LogP contribution in [-0.2, 0) is 12.8 Å². The monoisotopic (exact) mass is 407 g/mol. The number of piperidine rings is 1. The molecule has 3 heterocycles. The van der Waals surface area contributed by atoms with Crippen molar-refractivity contribution < 1.29 is 8.78 Å². The van der Waals surface area contributed by atoms with Crippen molar-refractivity contribution in [1.29, 1.82) is 0 Å². The van der Waals surface area contributed by atoms with Crippen molar-refractivity contribution in [2.24, 2.45) is 5.92 Å². The Kier molecular flexibility index (Phi) is 6.07. The average Bonchev–Trinajstić information content (AvgIpc) is 2.76. The van der Waals surface area contributed by atoms with E-state index in [1.54, 1.807) is 6.07 Å². The van der Waals surface area contributed by atoms with E-state index in [-0.39, 0.29) is 0 Å². The minimum atomic E-state index is -0.520. The van der Waals surface area contributed by atoms with Gasteiger partial charge < -0.3 is 4.90 Å². The lowest BCUT2D eigenvalue weighted by Crippen LogP contribution is -2.34. The van der Waals surface area contributed by atoms with Crippen LogP contribution < -0.4 is 4.90 Å². The lowest BCUT2D eigenvalue weighted by molar-refractivity contribution is 0.397. The molecule has 0 amide bonds. The smallest absolute Gasteiger partial charge is 0.129 e. The summed E-state index contributed by atoms with van der Waals surface area (Å²) in [5.74, 6) is -0.557. The Morgan fingerprint density at radius 3 is 2.57 bits per heavy atom. The molecule has 4 rings (SSSR count). The fourth-order valence-corrected chi connectivity index (χ4v) is 4.36. The molecular weight excluding hydrogens is 380 g/mol. The first-order valence-corrected chi connectivity index (χ1v) is 10.6. The Bertz CT molecular complexity index is 1030. The highest BCUT2D eigenvalue weighted by Gasteiger charge is 2.23. The van der Waals surface area contributed by atoms with Gasteiger partial charge in [-0.2, -0.15) is 0 Å². The zero-order valence-corrected chi connectivity index (χ0v) is 17.5. The predicted molar refractivity (Wildman–Crippen MR) is 117 cm³/mol. The molecule has 1 aromatic carbocycles. The van der Waals surface area contributed by atoms with Crippen LogP contribution in [0.3, 0.4) is 0 Å². The highest BCUT2D eigenvalue weighted by Crippen LogP contribution is 2.35. The number of nitrogens with zero attached hydrogens (tertiary/aromatic N) is 3. The van der Waals surface area contributed by atoms with Gasteiger partial charge in [0.15, 0.2) is 0 Å². The quantitative estimate of drug-likeness (QED) is 0.539. The molecule has 156 valence electrons. The fraction of sp³-hybridized carbons (Fsp3) is 0.360. The number of anilines is 1. The van der Waals surface area contributed by atoms with E-state index in [0.717, 1.165) is 60.9 Å². The summed E-state index contributed by atoms with van der Waals surface area (Å²) >= 11 is 0. The molecule has 0 radical (unpaired) electrons. The van der Waals surface area contributed by atoms with Crippen LogP contribution in [0.1, 0.15) is 36.7 Å². The zero-order chi connectivity index (χ0) is 21.1. The Morgan fingerprint density at radius 2 is 1.83 bits per heavy atom. The Morgan fingerprint density at radius 1 is 1.03 bits per heavy atom. The molecule has 2 aromatic heterocycles. The molecule has 30 heavy (non-hydrogen) atoms. The van der Waals surface area contributed by atoms with Gasteiger partial charge in [0.05, 0.1) is 0 Å². The minimum absolute atomic E-state index is 0.400. The maximum Gasteiger partial charge on any atom is 0.129 e. The number of pyridine rings is 2. The normalized spacial score (nSPS) is 14.9. The molecule has 5 heteroatoms. The second-order valence-corrected chi connectivity index (χ2v) is 8.06. The van der Waals surface area contributed by atoms with Crippen LogP contribution in [0.25, 0.3) is 11.1 Å². The highest BCUT2D eigenvalue weighted by atomic mass is 19.1. The zero-order valence-electron chi connectivity index (χ0n) is 17.5. The van der Waals surface area contributed by atoms with Gasteiger partial charge in [-0.15, -0.1) is 0 Å². The third-order valence-electron chi connectivity index (χ3n) is 6.01. The maximum absolute atomic E-state index is 14.0. The summed E-state index contributed by atoms with van der Waals surface area (Å²) in [6.07, 6.45) is 7.28. The summed E-state index contributed by atoms with van der Waals surface area (Å²) in [5.41, 5.74) is 6.12.